The minimum absolute atomic E-state index is 0.0393. The molecule has 3 atom stereocenters. The lowest BCUT2D eigenvalue weighted by Gasteiger charge is -2.51. The number of aromatic nitrogens is 1. The highest BCUT2D eigenvalue weighted by atomic mass is 16.5. The SMILES string of the molecule is O=C(Cc1ccccc1)N(Cc1cccnc1)C1(C(=O)Nc2ccc(N3CCOCC3)cc2)CC[C@@H]2Cc3ccccc3C[C@H]2C1. The number of amides is 2. The third-order valence-corrected chi connectivity index (χ3v) is 10.3. The van der Waals surface area contributed by atoms with Crippen LogP contribution in [0.1, 0.15) is 41.5 Å². The zero-order valence-electron chi connectivity index (χ0n) is 26.3. The molecule has 0 radical (unpaired) electrons. The molecule has 236 valence electrons. The van der Waals surface area contributed by atoms with Gasteiger partial charge in [0.15, 0.2) is 0 Å². The molecule has 1 aromatic heterocycles. The van der Waals surface area contributed by atoms with Gasteiger partial charge in [0.2, 0.25) is 11.8 Å². The first-order valence-electron chi connectivity index (χ1n) is 16.6. The molecule has 2 heterocycles. The summed E-state index contributed by atoms with van der Waals surface area (Å²) in [7, 11) is 0. The number of morpholine rings is 1. The van der Waals surface area contributed by atoms with E-state index in [1.54, 1.807) is 12.4 Å². The molecular formula is C39H42N4O3. The molecule has 7 heteroatoms. The zero-order valence-corrected chi connectivity index (χ0v) is 26.3. The van der Waals surface area contributed by atoms with Crippen LogP contribution in [0.3, 0.4) is 0 Å². The smallest absolute Gasteiger partial charge is 0.250 e. The van der Waals surface area contributed by atoms with E-state index in [1.807, 2.05) is 59.5 Å². The van der Waals surface area contributed by atoms with Crippen molar-refractivity contribution in [3.05, 3.63) is 126 Å². The molecule has 4 aromatic rings. The fourth-order valence-corrected chi connectivity index (χ4v) is 7.81. The third kappa shape index (κ3) is 6.42. The van der Waals surface area contributed by atoms with Crippen LogP contribution in [-0.4, -0.2) is 53.5 Å². The van der Waals surface area contributed by atoms with Gasteiger partial charge in [-0.25, -0.2) is 0 Å². The number of carbonyl (C=O) groups is 2. The summed E-state index contributed by atoms with van der Waals surface area (Å²) in [4.78, 5) is 37.8. The van der Waals surface area contributed by atoms with E-state index in [2.05, 4.69) is 51.6 Å². The minimum atomic E-state index is -1.00. The molecule has 7 nitrogen and oxygen atoms in total. The summed E-state index contributed by atoms with van der Waals surface area (Å²) in [5.74, 6) is 0.656. The van der Waals surface area contributed by atoms with Gasteiger partial charge in [0, 0.05) is 43.4 Å². The lowest BCUT2D eigenvalue weighted by Crippen LogP contribution is -2.62. The van der Waals surface area contributed by atoms with Crippen LogP contribution in [0.15, 0.2) is 103 Å². The molecule has 2 aliphatic carbocycles. The van der Waals surface area contributed by atoms with Crippen molar-refractivity contribution in [2.75, 3.05) is 36.5 Å². The van der Waals surface area contributed by atoms with Gasteiger partial charge in [0.1, 0.15) is 5.54 Å². The van der Waals surface area contributed by atoms with Crippen LogP contribution in [0, 0.1) is 11.8 Å². The third-order valence-electron chi connectivity index (χ3n) is 10.3. The Morgan fingerprint density at radius 3 is 2.26 bits per heavy atom. The Hall–Kier alpha value is -4.49. The van der Waals surface area contributed by atoms with Gasteiger partial charge < -0.3 is 19.9 Å². The summed E-state index contributed by atoms with van der Waals surface area (Å²) in [6.07, 6.45) is 7.89. The molecule has 2 fully saturated rings. The first-order chi connectivity index (χ1) is 22.6. The molecule has 1 unspecified atom stereocenters. The van der Waals surface area contributed by atoms with Crippen molar-refractivity contribution < 1.29 is 14.3 Å². The second kappa shape index (κ2) is 13.5. The van der Waals surface area contributed by atoms with Gasteiger partial charge in [-0.05, 0) is 96.5 Å². The number of rotatable bonds is 8. The second-order valence-electron chi connectivity index (χ2n) is 13.1. The van der Waals surface area contributed by atoms with Crippen molar-refractivity contribution in [1.82, 2.24) is 9.88 Å². The topological polar surface area (TPSA) is 74.8 Å². The van der Waals surface area contributed by atoms with Crippen molar-refractivity contribution in [2.24, 2.45) is 11.8 Å². The van der Waals surface area contributed by atoms with Crippen molar-refractivity contribution in [2.45, 2.75) is 50.6 Å². The van der Waals surface area contributed by atoms with Gasteiger partial charge in [0.05, 0.1) is 19.6 Å². The van der Waals surface area contributed by atoms with E-state index in [-0.39, 0.29) is 18.2 Å². The van der Waals surface area contributed by atoms with Crippen molar-refractivity contribution in [3.8, 4) is 0 Å². The summed E-state index contributed by atoms with van der Waals surface area (Å²) < 4.78 is 5.52. The number of hydrogen-bond acceptors (Lipinski definition) is 5. The minimum Gasteiger partial charge on any atom is -0.378 e. The Balaban J connectivity index is 1.23. The Morgan fingerprint density at radius 1 is 0.848 bits per heavy atom. The molecule has 7 rings (SSSR count). The second-order valence-corrected chi connectivity index (χ2v) is 13.1. The predicted octanol–water partition coefficient (Wildman–Crippen LogP) is 6.08. The lowest BCUT2D eigenvalue weighted by molar-refractivity contribution is -0.150. The predicted molar refractivity (Wildman–Crippen MR) is 180 cm³/mol. The largest absolute Gasteiger partial charge is 0.378 e. The van der Waals surface area contributed by atoms with Gasteiger partial charge in [0.25, 0.3) is 0 Å². The van der Waals surface area contributed by atoms with Crippen LogP contribution in [0.25, 0.3) is 0 Å². The van der Waals surface area contributed by atoms with E-state index in [0.29, 0.717) is 31.2 Å². The molecule has 3 aliphatic rings. The Kier molecular flexibility index (Phi) is 8.84. The summed E-state index contributed by atoms with van der Waals surface area (Å²) in [6, 6.07) is 30.6. The van der Waals surface area contributed by atoms with Gasteiger partial charge in [-0.2, -0.15) is 0 Å². The van der Waals surface area contributed by atoms with Crippen LogP contribution in [-0.2, 0) is 40.1 Å². The molecule has 2 amide bonds. The average Bonchev–Trinajstić information content (AvgIpc) is 3.11. The summed E-state index contributed by atoms with van der Waals surface area (Å²) >= 11 is 0. The standard InChI is InChI=1S/C39H42N4O3/c44-37(23-29-7-2-1-3-8-29)43(28-30-9-6-18-40-27-30)39(17-16-33-24-31-10-4-5-11-32(31)25-34(33)26-39)38(45)41-35-12-14-36(15-13-35)42-19-21-46-22-20-42/h1-15,18,27,33-34H,16-17,19-26,28H2,(H,41,45)/t33-,34+,39?/m1/s1. The van der Waals surface area contributed by atoms with E-state index < -0.39 is 5.54 Å². The zero-order chi connectivity index (χ0) is 31.3. The van der Waals surface area contributed by atoms with E-state index in [9.17, 15) is 9.59 Å². The average molecular weight is 615 g/mol. The molecule has 46 heavy (non-hydrogen) atoms. The number of pyridine rings is 1. The normalized spacial score (nSPS) is 22.3. The van der Waals surface area contributed by atoms with Crippen LogP contribution in [0.2, 0.25) is 0 Å². The summed E-state index contributed by atoms with van der Waals surface area (Å²) in [5.41, 5.74) is 5.52. The van der Waals surface area contributed by atoms with E-state index in [1.165, 1.54) is 11.1 Å². The fourth-order valence-electron chi connectivity index (χ4n) is 7.81. The van der Waals surface area contributed by atoms with E-state index in [0.717, 1.165) is 68.1 Å². The number of nitrogens with zero attached hydrogens (tertiary/aromatic N) is 3. The van der Waals surface area contributed by atoms with Crippen molar-refractivity contribution in [3.63, 3.8) is 0 Å². The van der Waals surface area contributed by atoms with Crippen LogP contribution >= 0.6 is 0 Å². The molecule has 0 spiro atoms. The first-order valence-corrected chi connectivity index (χ1v) is 16.6. The molecular weight excluding hydrogens is 572 g/mol. The van der Waals surface area contributed by atoms with Gasteiger partial charge >= 0.3 is 0 Å². The Morgan fingerprint density at radius 2 is 1.54 bits per heavy atom. The van der Waals surface area contributed by atoms with Gasteiger partial charge in [-0.3, -0.25) is 14.6 Å². The van der Waals surface area contributed by atoms with Crippen LogP contribution in [0.5, 0.6) is 0 Å². The number of fused-ring (bicyclic) bond motifs is 2. The number of anilines is 2. The maximum absolute atomic E-state index is 14.8. The molecule has 1 saturated carbocycles. The highest BCUT2D eigenvalue weighted by molar-refractivity contribution is 6.01. The van der Waals surface area contributed by atoms with Crippen LogP contribution in [0.4, 0.5) is 11.4 Å². The quantitative estimate of drug-likeness (QED) is 0.260. The first kappa shape index (κ1) is 30.2. The lowest BCUT2D eigenvalue weighted by atomic mass is 9.62. The molecule has 0 bridgehead atoms. The number of ether oxygens (including phenoxy) is 1. The number of hydrogen-bond donors (Lipinski definition) is 1. The van der Waals surface area contributed by atoms with Gasteiger partial charge in [-0.1, -0.05) is 60.7 Å². The Labute approximate surface area is 271 Å². The summed E-state index contributed by atoms with van der Waals surface area (Å²) in [6.45, 7) is 3.48. The molecule has 3 aromatic carbocycles. The highest BCUT2D eigenvalue weighted by Gasteiger charge is 2.52. The Bertz CT molecular complexity index is 1640. The van der Waals surface area contributed by atoms with E-state index in [4.69, 9.17) is 4.74 Å². The van der Waals surface area contributed by atoms with Crippen molar-refractivity contribution >= 4 is 23.2 Å². The number of benzene rings is 3. The maximum atomic E-state index is 14.8. The molecule has 1 aliphatic heterocycles. The molecule has 1 N–H and O–H groups in total. The highest BCUT2D eigenvalue weighted by Crippen LogP contribution is 2.47. The molecule has 1 saturated heterocycles. The maximum Gasteiger partial charge on any atom is 0.250 e. The van der Waals surface area contributed by atoms with Crippen molar-refractivity contribution in [1.29, 1.82) is 0 Å². The van der Waals surface area contributed by atoms with Crippen LogP contribution < -0.4 is 10.2 Å². The van der Waals surface area contributed by atoms with Gasteiger partial charge in [-0.15, -0.1) is 0 Å². The monoisotopic (exact) mass is 614 g/mol. The fraction of sp³-hybridized carbons (Fsp3) is 0.359. The summed E-state index contributed by atoms with van der Waals surface area (Å²) in [5, 5.41) is 3.29. The number of carbonyl (C=O) groups excluding carboxylic acids is 2. The van der Waals surface area contributed by atoms with E-state index >= 15 is 0 Å². The number of nitrogens with one attached hydrogen (secondary N) is 1.